The number of nitrogens with one attached hydrogen (secondary N) is 2. The minimum atomic E-state index is -3.62. The third kappa shape index (κ3) is 5.46. The molecule has 2 amide bonds. The number of carbonyl (C=O) groups excluding carboxylic acids is 2. The molecule has 1 unspecified atom stereocenters. The fourth-order valence-electron chi connectivity index (χ4n) is 3.66. The van der Waals surface area contributed by atoms with Crippen molar-refractivity contribution in [2.24, 2.45) is 5.92 Å². The van der Waals surface area contributed by atoms with Gasteiger partial charge >= 0.3 is 0 Å². The lowest BCUT2D eigenvalue weighted by atomic mass is 10.1. The van der Waals surface area contributed by atoms with E-state index < -0.39 is 15.9 Å². The highest BCUT2D eigenvalue weighted by Crippen LogP contribution is 2.34. The smallest absolute Gasteiger partial charge is 0.240 e. The van der Waals surface area contributed by atoms with E-state index in [0.29, 0.717) is 17.0 Å². The van der Waals surface area contributed by atoms with E-state index >= 15 is 0 Å². The molecule has 1 fully saturated rings. The fourth-order valence-corrected chi connectivity index (χ4v) is 4.98. The molecule has 2 N–H and O–H groups in total. The minimum Gasteiger partial charge on any atom is -0.495 e. The van der Waals surface area contributed by atoms with Gasteiger partial charge in [0.1, 0.15) is 5.75 Å². The summed E-state index contributed by atoms with van der Waals surface area (Å²) in [5.74, 6) is -0.303. The summed E-state index contributed by atoms with van der Waals surface area (Å²) in [6.45, 7) is 5.86. The van der Waals surface area contributed by atoms with Crippen molar-refractivity contribution in [1.29, 1.82) is 0 Å². The molecule has 1 aliphatic rings. The number of ether oxygens (including phenoxy) is 1. The van der Waals surface area contributed by atoms with Crippen LogP contribution in [0.15, 0.2) is 47.4 Å². The first-order valence-corrected chi connectivity index (χ1v) is 11.9. The van der Waals surface area contributed by atoms with Crippen LogP contribution in [0.4, 0.5) is 5.69 Å². The van der Waals surface area contributed by atoms with Crippen LogP contribution in [0.3, 0.4) is 0 Å². The summed E-state index contributed by atoms with van der Waals surface area (Å²) in [5.41, 5.74) is 2.30. The van der Waals surface area contributed by atoms with Crippen LogP contribution in [-0.2, 0) is 26.2 Å². The molecule has 8 nitrogen and oxygen atoms in total. The molecular formula is C23H29N3O5S. The maximum Gasteiger partial charge on any atom is 0.240 e. The van der Waals surface area contributed by atoms with Crippen LogP contribution in [0.5, 0.6) is 5.75 Å². The highest BCUT2D eigenvalue weighted by Gasteiger charge is 2.36. The topological polar surface area (TPSA) is 105 Å². The van der Waals surface area contributed by atoms with E-state index in [1.54, 1.807) is 44.1 Å². The van der Waals surface area contributed by atoms with Gasteiger partial charge in [-0.1, -0.05) is 18.2 Å². The van der Waals surface area contributed by atoms with Gasteiger partial charge in [0.05, 0.1) is 23.6 Å². The maximum atomic E-state index is 12.7. The second-order valence-electron chi connectivity index (χ2n) is 8.22. The molecule has 3 rings (SSSR count). The highest BCUT2D eigenvalue weighted by molar-refractivity contribution is 7.89. The zero-order valence-electron chi connectivity index (χ0n) is 18.7. The highest BCUT2D eigenvalue weighted by atomic mass is 32.2. The first-order chi connectivity index (χ1) is 15.1. The molecule has 9 heteroatoms. The number of anilines is 1. The van der Waals surface area contributed by atoms with Crippen molar-refractivity contribution in [1.82, 2.24) is 10.0 Å². The van der Waals surface area contributed by atoms with Crippen LogP contribution in [0.2, 0.25) is 0 Å². The van der Waals surface area contributed by atoms with E-state index in [2.05, 4.69) is 10.0 Å². The SMILES string of the molecule is COc1ccc(C)cc1N1CC(C(=O)NCc2cccc(S(=O)(=O)NC(C)C)c2)CC1=O. The van der Waals surface area contributed by atoms with E-state index in [-0.39, 0.29) is 42.3 Å². The van der Waals surface area contributed by atoms with E-state index in [9.17, 15) is 18.0 Å². The maximum absolute atomic E-state index is 12.7. The summed E-state index contributed by atoms with van der Waals surface area (Å²) in [5, 5.41) is 2.83. The van der Waals surface area contributed by atoms with Gasteiger partial charge < -0.3 is 15.0 Å². The van der Waals surface area contributed by atoms with Crippen molar-refractivity contribution in [3.05, 3.63) is 53.6 Å². The monoisotopic (exact) mass is 459 g/mol. The van der Waals surface area contributed by atoms with Crippen LogP contribution in [0.1, 0.15) is 31.4 Å². The summed E-state index contributed by atoms with van der Waals surface area (Å²) in [6.07, 6.45) is 0.107. The lowest BCUT2D eigenvalue weighted by Gasteiger charge is -2.20. The summed E-state index contributed by atoms with van der Waals surface area (Å²) in [6, 6.07) is 11.8. The molecule has 1 heterocycles. The second kappa shape index (κ2) is 9.70. The predicted molar refractivity (Wildman–Crippen MR) is 122 cm³/mol. The minimum absolute atomic E-state index is 0.107. The van der Waals surface area contributed by atoms with Crippen molar-refractivity contribution >= 4 is 27.5 Å². The van der Waals surface area contributed by atoms with Crippen LogP contribution in [0.25, 0.3) is 0 Å². The molecule has 32 heavy (non-hydrogen) atoms. The van der Waals surface area contributed by atoms with Crippen LogP contribution >= 0.6 is 0 Å². The molecule has 0 aromatic heterocycles. The molecule has 0 bridgehead atoms. The van der Waals surface area contributed by atoms with Gasteiger partial charge in [0.2, 0.25) is 21.8 Å². The Morgan fingerprint density at radius 2 is 1.97 bits per heavy atom. The number of benzene rings is 2. The number of sulfonamides is 1. The van der Waals surface area contributed by atoms with Crippen LogP contribution in [0, 0.1) is 12.8 Å². The van der Waals surface area contributed by atoms with E-state index in [1.165, 1.54) is 12.1 Å². The Hall–Kier alpha value is -2.91. The molecule has 0 spiro atoms. The summed E-state index contributed by atoms with van der Waals surface area (Å²) < 4.78 is 32.7. The normalized spacial score (nSPS) is 16.5. The van der Waals surface area contributed by atoms with Crippen molar-refractivity contribution in [3.63, 3.8) is 0 Å². The summed E-state index contributed by atoms with van der Waals surface area (Å²) in [4.78, 5) is 27.1. The molecule has 1 atom stereocenters. The number of amides is 2. The first kappa shape index (κ1) is 23.7. The first-order valence-electron chi connectivity index (χ1n) is 10.4. The van der Waals surface area contributed by atoms with Gasteiger partial charge in [0.25, 0.3) is 0 Å². The van der Waals surface area contributed by atoms with Crippen molar-refractivity contribution in [2.45, 2.75) is 44.7 Å². The zero-order chi connectivity index (χ0) is 23.5. The lowest BCUT2D eigenvalue weighted by Crippen LogP contribution is -2.33. The average Bonchev–Trinajstić information content (AvgIpc) is 3.13. The molecule has 0 aliphatic carbocycles. The largest absolute Gasteiger partial charge is 0.495 e. The van der Waals surface area contributed by atoms with E-state index in [0.717, 1.165) is 5.56 Å². The van der Waals surface area contributed by atoms with E-state index in [4.69, 9.17) is 4.74 Å². The molecule has 0 radical (unpaired) electrons. The Morgan fingerprint density at radius 1 is 1.22 bits per heavy atom. The lowest BCUT2D eigenvalue weighted by molar-refractivity contribution is -0.126. The predicted octanol–water partition coefficient (Wildman–Crippen LogP) is 2.36. The van der Waals surface area contributed by atoms with Gasteiger partial charge in [-0.25, -0.2) is 13.1 Å². The molecule has 2 aromatic carbocycles. The Bertz CT molecular complexity index is 1110. The molecule has 172 valence electrons. The van der Waals surface area contributed by atoms with Crippen molar-refractivity contribution < 1.29 is 22.7 Å². The van der Waals surface area contributed by atoms with Gasteiger partial charge in [-0.2, -0.15) is 0 Å². The van der Waals surface area contributed by atoms with Crippen molar-refractivity contribution in [2.75, 3.05) is 18.6 Å². The average molecular weight is 460 g/mol. The number of hydrogen-bond acceptors (Lipinski definition) is 5. The van der Waals surface area contributed by atoms with Crippen molar-refractivity contribution in [3.8, 4) is 5.75 Å². The number of rotatable bonds is 8. The molecular weight excluding hydrogens is 430 g/mol. The number of aryl methyl sites for hydroxylation is 1. The van der Waals surface area contributed by atoms with Gasteiger partial charge in [-0.15, -0.1) is 0 Å². The Morgan fingerprint density at radius 3 is 2.66 bits per heavy atom. The standard InChI is InChI=1S/C23H29N3O5S/c1-15(2)25-32(29,30)19-7-5-6-17(11-19)13-24-23(28)18-12-22(27)26(14-18)20-10-16(3)8-9-21(20)31-4/h5-11,15,18,25H,12-14H2,1-4H3,(H,24,28). The number of nitrogens with zero attached hydrogens (tertiary/aromatic N) is 1. The number of hydrogen-bond donors (Lipinski definition) is 2. The third-order valence-electron chi connectivity index (χ3n) is 5.19. The molecule has 0 saturated carbocycles. The summed E-state index contributed by atoms with van der Waals surface area (Å²) >= 11 is 0. The van der Waals surface area contributed by atoms with Gasteiger partial charge in [0, 0.05) is 25.6 Å². The molecule has 1 saturated heterocycles. The van der Waals surface area contributed by atoms with Gasteiger partial charge in [-0.3, -0.25) is 9.59 Å². The third-order valence-corrected chi connectivity index (χ3v) is 6.84. The van der Waals surface area contributed by atoms with Gasteiger partial charge in [0.15, 0.2) is 0 Å². The summed E-state index contributed by atoms with van der Waals surface area (Å²) in [7, 11) is -2.07. The number of carbonyl (C=O) groups is 2. The zero-order valence-corrected chi connectivity index (χ0v) is 19.5. The fraction of sp³-hybridized carbons (Fsp3) is 0.391. The second-order valence-corrected chi connectivity index (χ2v) is 9.94. The Balaban J connectivity index is 1.66. The van der Waals surface area contributed by atoms with E-state index in [1.807, 2.05) is 19.1 Å². The Labute approximate surface area is 189 Å². The molecule has 2 aromatic rings. The quantitative estimate of drug-likeness (QED) is 0.631. The number of methoxy groups -OCH3 is 1. The Kier molecular flexibility index (Phi) is 7.20. The van der Waals surface area contributed by atoms with Crippen LogP contribution in [-0.4, -0.2) is 39.9 Å². The van der Waals surface area contributed by atoms with Gasteiger partial charge in [-0.05, 0) is 56.2 Å². The van der Waals surface area contributed by atoms with Crippen LogP contribution < -0.4 is 19.7 Å². The molecule has 1 aliphatic heterocycles.